The second kappa shape index (κ2) is 12.2. The molecule has 3 nitrogen and oxygen atoms in total. The predicted molar refractivity (Wildman–Crippen MR) is 165 cm³/mol. The molecule has 192 valence electrons. The summed E-state index contributed by atoms with van der Waals surface area (Å²) in [7, 11) is 0. The number of hydrogen-bond acceptors (Lipinski definition) is 3. The van der Waals surface area contributed by atoms with Crippen molar-refractivity contribution in [2.75, 3.05) is 4.90 Å². The van der Waals surface area contributed by atoms with E-state index < -0.39 is 0 Å². The van der Waals surface area contributed by atoms with E-state index in [0.717, 1.165) is 36.3 Å². The molecule has 0 N–H and O–H groups in total. The topological polar surface area (TPSA) is 29.0 Å². The summed E-state index contributed by atoms with van der Waals surface area (Å²) in [6.45, 7) is 10.4. The van der Waals surface area contributed by atoms with Gasteiger partial charge in [0.05, 0.1) is 0 Å². The summed E-state index contributed by atoms with van der Waals surface area (Å²) in [4.78, 5) is 10.6. The van der Waals surface area contributed by atoms with Gasteiger partial charge in [-0.1, -0.05) is 80.8 Å². The zero-order chi connectivity index (χ0) is 27.0. The minimum absolute atomic E-state index is 0.903. The molecule has 0 fully saturated rings. The van der Waals surface area contributed by atoms with Crippen LogP contribution in [-0.4, -0.2) is 9.97 Å². The summed E-state index contributed by atoms with van der Waals surface area (Å²) in [6.07, 6.45) is 18.5. The third-order valence-corrected chi connectivity index (χ3v) is 7.03. The highest BCUT2D eigenvalue weighted by molar-refractivity contribution is 6.09. The van der Waals surface area contributed by atoms with Crippen LogP contribution in [0.2, 0.25) is 0 Å². The van der Waals surface area contributed by atoms with Crippen molar-refractivity contribution in [2.45, 2.75) is 26.2 Å². The third kappa shape index (κ3) is 5.44. The van der Waals surface area contributed by atoms with Gasteiger partial charge in [-0.15, -0.1) is 0 Å². The van der Waals surface area contributed by atoms with E-state index in [9.17, 15) is 0 Å². The molecule has 2 aromatic carbocycles. The Hall–Kier alpha value is -4.76. The van der Waals surface area contributed by atoms with Gasteiger partial charge in [-0.2, -0.15) is 0 Å². The molecule has 0 spiro atoms. The summed E-state index contributed by atoms with van der Waals surface area (Å²) in [5.74, 6) is 0. The Morgan fingerprint density at radius 3 is 1.85 bits per heavy atom. The predicted octanol–water partition coefficient (Wildman–Crippen LogP) is 9.44. The minimum Gasteiger partial charge on any atom is -0.310 e. The number of aryl methyl sites for hydroxylation is 1. The molecule has 5 rings (SSSR count). The lowest BCUT2D eigenvalue weighted by atomic mass is 9.92. The highest BCUT2D eigenvalue weighted by Crippen LogP contribution is 2.47. The molecule has 2 heterocycles. The number of aromatic nitrogens is 2. The monoisotopic (exact) mass is 507 g/mol. The van der Waals surface area contributed by atoms with Crippen molar-refractivity contribution in [1.82, 2.24) is 9.97 Å². The Morgan fingerprint density at radius 2 is 1.31 bits per heavy atom. The van der Waals surface area contributed by atoms with Crippen LogP contribution in [0, 0.1) is 0 Å². The van der Waals surface area contributed by atoms with Gasteiger partial charge >= 0.3 is 0 Å². The van der Waals surface area contributed by atoms with Crippen LogP contribution in [-0.2, 0) is 6.42 Å². The van der Waals surface area contributed by atoms with Gasteiger partial charge in [0, 0.05) is 41.8 Å². The average Bonchev–Trinajstić information content (AvgIpc) is 3.29. The van der Waals surface area contributed by atoms with Crippen LogP contribution in [0.4, 0.5) is 17.1 Å². The van der Waals surface area contributed by atoms with E-state index in [1.54, 1.807) is 0 Å². The average molecular weight is 508 g/mol. The molecule has 4 aromatic rings. The third-order valence-electron chi connectivity index (χ3n) is 7.03. The van der Waals surface area contributed by atoms with Gasteiger partial charge in [0.15, 0.2) is 0 Å². The molecular weight excluding hydrogens is 474 g/mol. The molecule has 0 saturated heterocycles. The number of anilines is 3. The van der Waals surface area contributed by atoms with Gasteiger partial charge in [0.2, 0.25) is 0 Å². The molecule has 1 aliphatic carbocycles. The molecule has 1 aliphatic rings. The number of allylic oxidation sites excluding steroid dienone is 8. The van der Waals surface area contributed by atoms with Crippen molar-refractivity contribution in [2.24, 2.45) is 0 Å². The lowest BCUT2D eigenvalue weighted by Crippen LogP contribution is -2.10. The second-order valence-electron chi connectivity index (χ2n) is 9.40. The van der Waals surface area contributed by atoms with Gasteiger partial charge in [-0.25, -0.2) is 0 Å². The van der Waals surface area contributed by atoms with Crippen LogP contribution >= 0.6 is 0 Å². The van der Waals surface area contributed by atoms with Crippen LogP contribution < -0.4 is 4.90 Å². The maximum Gasteiger partial charge on any atom is 0.0492 e. The summed E-state index contributed by atoms with van der Waals surface area (Å²) >= 11 is 0. The fraction of sp³-hybridized carbons (Fsp3) is 0.111. The maximum atomic E-state index is 4.22. The molecule has 39 heavy (non-hydrogen) atoms. The first kappa shape index (κ1) is 25.9. The van der Waals surface area contributed by atoms with E-state index in [1.807, 2.05) is 61.2 Å². The number of pyridine rings is 2. The van der Waals surface area contributed by atoms with Crippen molar-refractivity contribution >= 4 is 28.2 Å². The van der Waals surface area contributed by atoms with Crippen LogP contribution in [0.5, 0.6) is 0 Å². The van der Waals surface area contributed by atoms with Crippen molar-refractivity contribution in [3.8, 4) is 0 Å². The summed E-state index contributed by atoms with van der Waals surface area (Å²) in [5.41, 5.74) is 12.1. The fourth-order valence-electron chi connectivity index (χ4n) is 5.27. The van der Waals surface area contributed by atoms with Crippen LogP contribution in [0.15, 0.2) is 146 Å². The highest BCUT2D eigenvalue weighted by Gasteiger charge is 2.27. The van der Waals surface area contributed by atoms with E-state index in [0.29, 0.717) is 0 Å². The van der Waals surface area contributed by atoms with E-state index in [-0.39, 0.29) is 0 Å². The van der Waals surface area contributed by atoms with Crippen molar-refractivity contribution in [3.05, 3.63) is 163 Å². The van der Waals surface area contributed by atoms with E-state index in [4.69, 9.17) is 0 Å². The second-order valence-corrected chi connectivity index (χ2v) is 9.40. The Bertz CT molecular complexity index is 1500. The molecule has 0 atom stereocenters. The van der Waals surface area contributed by atoms with Gasteiger partial charge in [0.25, 0.3) is 0 Å². The number of fused-ring (bicyclic) bond motifs is 1. The van der Waals surface area contributed by atoms with E-state index in [2.05, 4.69) is 95.6 Å². The lowest BCUT2D eigenvalue weighted by Gasteiger charge is -2.25. The minimum atomic E-state index is 0.903. The van der Waals surface area contributed by atoms with E-state index >= 15 is 0 Å². The summed E-state index contributed by atoms with van der Waals surface area (Å²) in [5, 5.41) is 0. The Balaban J connectivity index is 1.44. The van der Waals surface area contributed by atoms with Crippen molar-refractivity contribution in [1.29, 1.82) is 0 Å². The Morgan fingerprint density at radius 1 is 0.744 bits per heavy atom. The highest BCUT2D eigenvalue weighted by atomic mass is 15.1. The standard InChI is InChI=1S/C36H33N3/c1-4-9-34-32-11-7-8-12-33(32)35(10-5-2)36(34)28(6-3)16-13-27-14-17-29(18-15-27)39(30-19-23-37-24-20-30)31-21-25-38-26-22-31/h4,6-12,14-15,17-26H,1,3,5,13,16H2,2H3/b34-9-,35-10-,36-28+. The fourth-order valence-corrected chi connectivity index (χ4v) is 5.27. The molecular formula is C36H33N3. The quantitative estimate of drug-likeness (QED) is 0.226. The SMILES string of the molecule is C=C\C=C1C(=C(/C=C)CCc2ccc(N(c3ccncc3)c3ccncc3)cc2)/C(=C\CC)c2ccccc2/1. The van der Waals surface area contributed by atoms with Crippen molar-refractivity contribution < 1.29 is 0 Å². The van der Waals surface area contributed by atoms with E-state index in [1.165, 1.54) is 39.0 Å². The Labute approximate surface area is 231 Å². The molecule has 0 saturated carbocycles. The maximum absolute atomic E-state index is 4.22. The van der Waals surface area contributed by atoms with Gasteiger partial charge < -0.3 is 4.90 Å². The van der Waals surface area contributed by atoms with Gasteiger partial charge in [-0.05, 0) is 94.6 Å². The van der Waals surface area contributed by atoms with Gasteiger partial charge in [-0.3, -0.25) is 9.97 Å². The Kier molecular flexibility index (Phi) is 8.09. The molecule has 3 heteroatoms. The molecule has 0 bridgehead atoms. The number of hydrogen-bond donors (Lipinski definition) is 0. The number of benzene rings is 2. The van der Waals surface area contributed by atoms with Crippen LogP contribution in [0.1, 0.15) is 36.5 Å². The molecule has 0 amide bonds. The zero-order valence-electron chi connectivity index (χ0n) is 22.4. The summed E-state index contributed by atoms with van der Waals surface area (Å²) in [6, 6.07) is 25.6. The number of nitrogens with zero attached hydrogens (tertiary/aromatic N) is 3. The zero-order valence-corrected chi connectivity index (χ0v) is 22.4. The van der Waals surface area contributed by atoms with Crippen LogP contribution in [0.3, 0.4) is 0 Å². The smallest absolute Gasteiger partial charge is 0.0492 e. The first-order chi connectivity index (χ1) is 19.2. The van der Waals surface area contributed by atoms with Crippen molar-refractivity contribution in [3.63, 3.8) is 0 Å². The molecule has 0 unspecified atom stereocenters. The lowest BCUT2D eigenvalue weighted by molar-refractivity contribution is 0.961. The largest absolute Gasteiger partial charge is 0.310 e. The first-order valence-corrected chi connectivity index (χ1v) is 13.4. The first-order valence-electron chi connectivity index (χ1n) is 13.4. The molecule has 0 aliphatic heterocycles. The number of rotatable bonds is 9. The summed E-state index contributed by atoms with van der Waals surface area (Å²) < 4.78 is 0. The molecule has 2 aromatic heterocycles. The molecule has 0 radical (unpaired) electrons. The normalized spacial score (nSPS) is 15.7. The van der Waals surface area contributed by atoms with Crippen LogP contribution in [0.25, 0.3) is 11.1 Å². The van der Waals surface area contributed by atoms with Gasteiger partial charge in [0.1, 0.15) is 0 Å².